The van der Waals surface area contributed by atoms with Crippen molar-refractivity contribution in [2.75, 3.05) is 5.88 Å². The van der Waals surface area contributed by atoms with E-state index in [1.54, 1.807) is 0 Å². The number of nitro groups is 1. The molecule has 15 heavy (non-hydrogen) atoms. The van der Waals surface area contributed by atoms with E-state index in [-0.39, 0.29) is 11.4 Å². The van der Waals surface area contributed by atoms with Gasteiger partial charge in [0.05, 0.1) is 16.6 Å². The summed E-state index contributed by atoms with van der Waals surface area (Å²) in [6, 6.07) is 1.31. The molecule has 0 saturated carbocycles. The summed E-state index contributed by atoms with van der Waals surface area (Å²) in [7, 11) is 0. The quantitative estimate of drug-likeness (QED) is 0.457. The predicted molar refractivity (Wildman–Crippen MR) is 52.8 cm³/mol. The van der Waals surface area contributed by atoms with Crippen molar-refractivity contribution >= 4 is 23.4 Å². The minimum atomic E-state index is -1.25. The predicted octanol–water partition coefficient (Wildman–Crippen LogP) is 3.13. The summed E-state index contributed by atoms with van der Waals surface area (Å²) in [5.41, 5.74) is -0.505. The fourth-order valence-electron chi connectivity index (χ4n) is 1.01. The van der Waals surface area contributed by atoms with E-state index in [1.165, 1.54) is 12.2 Å². The third kappa shape index (κ3) is 2.73. The lowest BCUT2D eigenvalue weighted by Crippen LogP contribution is -1.95. The van der Waals surface area contributed by atoms with Gasteiger partial charge in [0.15, 0.2) is 11.6 Å². The molecule has 0 aliphatic carbocycles. The molecule has 0 bridgehead atoms. The molecule has 0 saturated heterocycles. The van der Waals surface area contributed by atoms with E-state index in [9.17, 15) is 18.9 Å². The monoisotopic (exact) mass is 233 g/mol. The van der Waals surface area contributed by atoms with Crippen LogP contribution < -0.4 is 0 Å². The van der Waals surface area contributed by atoms with Crippen LogP contribution in [0.25, 0.3) is 6.08 Å². The number of nitro benzene ring substituents is 1. The van der Waals surface area contributed by atoms with E-state index < -0.39 is 22.2 Å². The second kappa shape index (κ2) is 4.84. The van der Waals surface area contributed by atoms with E-state index in [0.717, 1.165) is 6.07 Å². The molecule has 1 rings (SSSR count). The van der Waals surface area contributed by atoms with Crippen LogP contribution in [0.2, 0.25) is 0 Å². The van der Waals surface area contributed by atoms with Gasteiger partial charge in [-0.1, -0.05) is 12.2 Å². The second-order valence-corrected chi connectivity index (χ2v) is 2.95. The maximum Gasteiger partial charge on any atom is 0.279 e. The third-order valence-corrected chi connectivity index (χ3v) is 1.83. The lowest BCUT2D eigenvalue weighted by Gasteiger charge is -1.98. The number of allylic oxidation sites excluding steroid dienone is 1. The molecule has 80 valence electrons. The van der Waals surface area contributed by atoms with Crippen LogP contribution in [0.5, 0.6) is 0 Å². The molecule has 1 aromatic carbocycles. The molecular formula is C9H6ClF2NO2. The minimum Gasteiger partial charge on any atom is -0.258 e. The van der Waals surface area contributed by atoms with E-state index in [2.05, 4.69) is 0 Å². The Labute approximate surface area is 89.1 Å². The second-order valence-electron chi connectivity index (χ2n) is 2.64. The number of halogens is 3. The summed E-state index contributed by atoms with van der Waals surface area (Å²) >= 11 is 5.33. The molecule has 1 aromatic rings. The molecule has 0 aliphatic rings. The van der Waals surface area contributed by atoms with E-state index >= 15 is 0 Å². The van der Waals surface area contributed by atoms with E-state index in [4.69, 9.17) is 11.6 Å². The van der Waals surface area contributed by atoms with Gasteiger partial charge in [0.25, 0.3) is 5.69 Å². The zero-order chi connectivity index (χ0) is 11.4. The van der Waals surface area contributed by atoms with E-state index in [0.29, 0.717) is 6.07 Å². The summed E-state index contributed by atoms with van der Waals surface area (Å²) < 4.78 is 25.5. The fourth-order valence-corrected chi connectivity index (χ4v) is 1.10. The highest BCUT2D eigenvalue weighted by Crippen LogP contribution is 2.23. The molecule has 0 aromatic heterocycles. The van der Waals surface area contributed by atoms with Gasteiger partial charge in [0.2, 0.25) is 0 Å². The fraction of sp³-hybridized carbons (Fsp3) is 0.111. The van der Waals surface area contributed by atoms with Crippen molar-refractivity contribution < 1.29 is 13.7 Å². The molecule has 6 heteroatoms. The Morgan fingerprint density at radius 3 is 2.53 bits per heavy atom. The van der Waals surface area contributed by atoms with Crippen LogP contribution in [0.15, 0.2) is 18.2 Å². The Bertz CT molecular complexity index is 421. The average molecular weight is 234 g/mol. The van der Waals surface area contributed by atoms with Crippen molar-refractivity contribution in [1.29, 1.82) is 0 Å². The molecule has 0 heterocycles. The maximum absolute atomic E-state index is 12.8. The molecular weight excluding hydrogens is 228 g/mol. The standard InChI is InChI=1S/C9H6ClF2NO2/c10-3-1-2-6-4-7(11)8(12)5-9(6)13(14)15/h1-2,4-5H,3H2. The zero-order valence-corrected chi connectivity index (χ0v) is 8.17. The van der Waals surface area contributed by atoms with Crippen LogP contribution in [0.4, 0.5) is 14.5 Å². The van der Waals surface area contributed by atoms with Crippen LogP contribution in [0, 0.1) is 21.7 Å². The van der Waals surface area contributed by atoms with Crippen LogP contribution in [-0.2, 0) is 0 Å². The number of hydrogen-bond acceptors (Lipinski definition) is 2. The zero-order valence-electron chi connectivity index (χ0n) is 7.41. The Morgan fingerprint density at radius 2 is 2.00 bits per heavy atom. The highest BCUT2D eigenvalue weighted by Gasteiger charge is 2.16. The van der Waals surface area contributed by atoms with Crippen molar-refractivity contribution in [2.24, 2.45) is 0 Å². The molecule has 3 nitrogen and oxygen atoms in total. The van der Waals surface area contributed by atoms with Crippen molar-refractivity contribution in [3.8, 4) is 0 Å². The van der Waals surface area contributed by atoms with Crippen LogP contribution >= 0.6 is 11.6 Å². The number of hydrogen-bond donors (Lipinski definition) is 0. The van der Waals surface area contributed by atoms with Gasteiger partial charge >= 0.3 is 0 Å². The lowest BCUT2D eigenvalue weighted by molar-refractivity contribution is -0.385. The third-order valence-electron chi connectivity index (χ3n) is 1.65. The smallest absolute Gasteiger partial charge is 0.258 e. The van der Waals surface area contributed by atoms with Crippen LogP contribution in [0.1, 0.15) is 5.56 Å². The van der Waals surface area contributed by atoms with Crippen LogP contribution in [-0.4, -0.2) is 10.8 Å². The molecule has 0 radical (unpaired) electrons. The summed E-state index contributed by atoms with van der Waals surface area (Å²) in [6.45, 7) is 0. The normalized spacial score (nSPS) is 10.9. The van der Waals surface area contributed by atoms with Gasteiger partial charge in [0.1, 0.15) is 0 Å². The van der Waals surface area contributed by atoms with Crippen molar-refractivity contribution in [1.82, 2.24) is 0 Å². The Hall–Kier alpha value is -1.49. The largest absolute Gasteiger partial charge is 0.279 e. The Balaban J connectivity index is 3.28. The number of nitrogens with zero attached hydrogens (tertiary/aromatic N) is 1. The molecule has 0 amide bonds. The molecule has 0 N–H and O–H groups in total. The topological polar surface area (TPSA) is 43.1 Å². The SMILES string of the molecule is O=[N+]([O-])c1cc(F)c(F)cc1C=CCCl. The number of benzene rings is 1. The van der Waals surface area contributed by atoms with Gasteiger partial charge in [0, 0.05) is 5.88 Å². The average Bonchev–Trinajstić information content (AvgIpc) is 2.19. The van der Waals surface area contributed by atoms with Crippen molar-refractivity contribution in [3.05, 3.63) is 45.5 Å². The Kier molecular flexibility index (Phi) is 3.74. The summed E-state index contributed by atoms with van der Waals surface area (Å²) in [6.07, 6.45) is 2.68. The molecule has 0 atom stereocenters. The van der Waals surface area contributed by atoms with Crippen LogP contribution in [0.3, 0.4) is 0 Å². The van der Waals surface area contributed by atoms with Gasteiger partial charge in [-0.05, 0) is 6.07 Å². The maximum atomic E-state index is 12.8. The highest BCUT2D eigenvalue weighted by molar-refractivity contribution is 6.19. The first-order chi connectivity index (χ1) is 7.06. The minimum absolute atomic E-state index is 0.0143. The first-order valence-corrected chi connectivity index (χ1v) is 4.45. The Morgan fingerprint density at radius 1 is 1.40 bits per heavy atom. The highest BCUT2D eigenvalue weighted by atomic mass is 35.5. The van der Waals surface area contributed by atoms with Gasteiger partial charge in [-0.2, -0.15) is 0 Å². The molecule has 0 unspecified atom stereocenters. The first-order valence-electron chi connectivity index (χ1n) is 3.92. The van der Waals surface area contributed by atoms with Gasteiger partial charge in [-0.3, -0.25) is 10.1 Å². The van der Waals surface area contributed by atoms with Gasteiger partial charge in [-0.15, -0.1) is 11.6 Å². The summed E-state index contributed by atoms with van der Waals surface area (Å²) in [5.74, 6) is -2.24. The molecule has 0 spiro atoms. The number of alkyl halides is 1. The molecule has 0 fully saturated rings. The van der Waals surface area contributed by atoms with Crippen molar-refractivity contribution in [3.63, 3.8) is 0 Å². The lowest BCUT2D eigenvalue weighted by atomic mass is 10.1. The summed E-state index contributed by atoms with van der Waals surface area (Å²) in [4.78, 5) is 9.72. The summed E-state index contributed by atoms with van der Waals surface area (Å²) in [5, 5.41) is 10.5. The number of rotatable bonds is 3. The first kappa shape index (κ1) is 11.6. The van der Waals surface area contributed by atoms with Gasteiger partial charge < -0.3 is 0 Å². The van der Waals surface area contributed by atoms with Crippen molar-refractivity contribution in [2.45, 2.75) is 0 Å². The molecule has 0 aliphatic heterocycles. The van der Waals surface area contributed by atoms with E-state index in [1.807, 2.05) is 0 Å². The van der Waals surface area contributed by atoms with Gasteiger partial charge in [-0.25, -0.2) is 8.78 Å².